The van der Waals surface area contributed by atoms with Crippen molar-refractivity contribution in [3.05, 3.63) is 29.3 Å². The molecule has 0 radical (unpaired) electrons. The molecule has 0 bridgehead atoms. The van der Waals surface area contributed by atoms with Crippen LogP contribution in [-0.4, -0.2) is 29.3 Å². The lowest BCUT2D eigenvalue weighted by atomic mass is 9.99. The Balaban J connectivity index is 2.43. The molecule has 1 amide bonds. The molecule has 1 atom stereocenters. The summed E-state index contributed by atoms with van der Waals surface area (Å²) in [6, 6.07) is 5.95. The highest BCUT2D eigenvalue weighted by molar-refractivity contribution is 5.76. The van der Waals surface area contributed by atoms with Crippen molar-refractivity contribution in [2.24, 2.45) is 0 Å². The van der Waals surface area contributed by atoms with Crippen LogP contribution < -0.4 is 10.1 Å². The van der Waals surface area contributed by atoms with E-state index in [0.29, 0.717) is 6.61 Å². The van der Waals surface area contributed by atoms with Gasteiger partial charge in [-0.2, -0.15) is 0 Å². The van der Waals surface area contributed by atoms with Crippen molar-refractivity contribution in [3.8, 4) is 5.75 Å². The van der Waals surface area contributed by atoms with Crippen LogP contribution in [0.3, 0.4) is 0 Å². The molecule has 0 heterocycles. The second-order valence-electron chi connectivity index (χ2n) is 5.81. The summed E-state index contributed by atoms with van der Waals surface area (Å²) in [5, 5.41) is 12.3. The van der Waals surface area contributed by atoms with Gasteiger partial charge in [0.2, 0.25) is 5.91 Å². The van der Waals surface area contributed by atoms with Gasteiger partial charge in [0, 0.05) is 0 Å². The van der Waals surface area contributed by atoms with E-state index in [-0.39, 0.29) is 12.3 Å². The Morgan fingerprint density at radius 2 is 2.05 bits per heavy atom. The average Bonchev–Trinajstić information content (AvgIpc) is 2.31. The van der Waals surface area contributed by atoms with Gasteiger partial charge in [0.1, 0.15) is 5.75 Å². The fraction of sp³-hybridized carbons (Fsp3) is 0.562. The number of carbonyl (C=O) groups is 1. The lowest BCUT2D eigenvalue weighted by Gasteiger charge is -2.29. The van der Waals surface area contributed by atoms with Crippen molar-refractivity contribution in [3.63, 3.8) is 0 Å². The molecule has 1 aromatic carbocycles. The highest BCUT2D eigenvalue weighted by atomic mass is 16.5. The van der Waals surface area contributed by atoms with Crippen molar-refractivity contribution in [2.45, 2.75) is 52.7 Å². The van der Waals surface area contributed by atoms with Crippen LogP contribution >= 0.6 is 0 Å². The Morgan fingerprint density at radius 3 is 2.60 bits per heavy atom. The first-order valence-corrected chi connectivity index (χ1v) is 6.91. The summed E-state index contributed by atoms with van der Waals surface area (Å²) < 4.78 is 5.61. The highest BCUT2D eigenvalue weighted by Gasteiger charge is 2.25. The van der Waals surface area contributed by atoms with E-state index in [1.165, 1.54) is 5.56 Å². The Kier molecular flexibility index (Phi) is 5.57. The summed E-state index contributed by atoms with van der Waals surface area (Å²) >= 11 is 0. The third kappa shape index (κ3) is 4.85. The van der Waals surface area contributed by atoms with Crippen LogP contribution in [0.25, 0.3) is 0 Å². The second kappa shape index (κ2) is 6.75. The van der Waals surface area contributed by atoms with Crippen molar-refractivity contribution >= 4 is 5.91 Å². The van der Waals surface area contributed by atoms with Crippen molar-refractivity contribution in [1.82, 2.24) is 5.32 Å². The fourth-order valence-corrected chi connectivity index (χ4v) is 1.74. The number of aliphatic hydroxyl groups excluding tert-OH is 1. The molecule has 4 heteroatoms. The first-order valence-electron chi connectivity index (χ1n) is 6.91. The number of aryl methyl sites for hydroxylation is 2. The van der Waals surface area contributed by atoms with Gasteiger partial charge in [-0.15, -0.1) is 0 Å². The summed E-state index contributed by atoms with van der Waals surface area (Å²) in [4.78, 5) is 11.8. The minimum atomic E-state index is -0.628. The minimum absolute atomic E-state index is 0.124. The molecule has 1 rings (SSSR count). The van der Waals surface area contributed by atoms with Gasteiger partial charge in [0.05, 0.1) is 24.7 Å². The number of hydrogen-bond donors (Lipinski definition) is 2. The molecule has 4 nitrogen and oxygen atoms in total. The van der Waals surface area contributed by atoms with Gasteiger partial charge in [0.25, 0.3) is 0 Å². The summed E-state index contributed by atoms with van der Waals surface area (Å²) in [7, 11) is 0. The number of amides is 1. The predicted molar refractivity (Wildman–Crippen MR) is 79.9 cm³/mol. The third-order valence-electron chi connectivity index (χ3n) is 3.42. The number of carbonyl (C=O) groups excluding carboxylic acids is 1. The summed E-state index contributed by atoms with van der Waals surface area (Å²) in [5.41, 5.74) is 1.62. The zero-order chi connectivity index (χ0) is 15.3. The predicted octanol–water partition coefficient (Wildman–Crippen LogP) is 2.35. The molecule has 0 saturated carbocycles. The number of benzene rings is 1. The molecular weight excluding hydrogens is 254 g/mol. The van der Waals surface area contributed by atoms with Gasteiger partial charge >= 0.3 is 0 Å². The smallest absolute Gasteiger partial charge is 0.223 e. The molecule has 1 aromatic rings. The lowest BCUT2D eigenvalue weighted by Crippen LogP contribution is -2.51. The maximum Gasteiger partial charge on any atom is 0.223 e. The lowest BCUT2D eigenvalue weighted by molar-refractivity contribution is -0.124. The van der Waals surface area contributed by atoms with Gasteiger partial charge in [0.15, 0.2) is 0 Å². The van der Waals surface area contributed by atoms with Crippen molar-refractivity contribution in [1.29, 1.82) is 0 Å². The maximum absolute atomic E-state index is 11.8. The van der Waals surface area contributed by atoms with Gasteiger partial charge in [-0.25, -0.2) is 0 Å². The minimum Gasteiger partial charge on any atom is -0.493 e. The number of rotatable bonds is 6. The summed E-state index contributed by atoms with van der Waals surface area (Å²) in [6.07, 6.45) is -0.338. The zero-order valence-corrected chi connectivity index (χ0v) is 13.0. The SMILES string of the molecule is Cc1ccc(OCCC(=O)NC(C)(C)C(C)O)c(C)c1. The monoisotopic (exact) mass is 279 g/mol. The number of ether oxygens (including phenoxy) is 1. The van der Waals surface area contributed by atoms with E-state index >= 15 is 0 Å². The maximum atomic E-state index is 11.8. The molecule has 0 aliphatic carbocycles. The van der Waals surface area contributed by atoms with Gasteiger partial charge < -0.3 is 15.2 Å². The van der Waals surface area contributed by atoms with E-state index in [0.717, 1.165) is 11.3 Å². The Morgan fingerprint density at radius 1 is 1.40 bits per heavy atom. The quantitative estimate of drug-likeness (QED) is 0.840. The largest absolute Gasteiger partial charge is 0.493 e. The van der Waals surface area contributed by atoms with Crippen LogP contribution in [0.4, 0.5) is 0 Å². The van der Waals surface area contributed by atoms with Crippen LogP contribution in [-0.2, 0) is 4.79 Å². The standard InChI is InChI=1S/C16H25NO3/c1-11-6-7-14(12(2)10-11)20-9-8-15(19)17-16(4,5)13(3)18/h6-7,10,13,18H,8-9H2,1-5H3,(H,17,19). The Bertz CT molecular complexity index is 467. The van der Waals surface area contributed by atoms with Crippen LogP contribution in [0.15, 0.2) is 18.2 Å². The molecule has 0 aliphatic rings. The summed E-state index contributed by atoms with van der Waals surface area (Å²) in [5.74, 6) is 0.679. The van der Waals surface area contributed by atoms with E-state index in [1.54, 1.807) is 20.8 Å². The van der Waals surface area contributed by atoms with Gasteiger partial charge in [-0.1, -0.05) is 17.7 Å². The molecule has 0 aromatic heterocycles. The Labute approximate surface area is 121 Å². The van der Waals surface area contributed by atoms with Crippen LogP contribution in [0.5, 0.6) is 5.75 Å². The number of nitrogens with one attached hydrogen (secondary N) is 1. The van der Waals surface area contributed by atoms with E-state index in [2.05, 4.69) is 5.32 Å². The van der Waals surface area contributed by atoms with Crippen molar-refractivity contribution < 1.29 is 14.6 Å². The van der Waals surface area contributed by atoms with E-state index in [9.17, 15) is 9.90 Å². The van der Waals surface area contributed by atoms with Crippen LogP contribution in [0, 0.1) is 13.8 Å². The van der Waals surface area contributed by atoms with E-state index < -0.39 is 11.6 Å². The third-order valence-corrected chi connectivity index (χ3v) is 3.42. The van der Waals surface area contributed by atoms with E-state index in [4.69, 9.17) is 4.74 Å². The molecule has 0 spiro atoms. The van der Waals surface area contributed by atoms with Crippen LogP contribution in [0.2, 0.25) is 0 Å². The molecule has 0 aliphatic heterocycles. The highest BCUT2D eigenvalue weighted by Crippen LogP contribution is 2.18. The van der Waals surface area contributed by atoms with Crippen LogP contribution in [0.1, 0.15) is 38.3 Å². The topological polar surface area (TPSA) is 58.6 Å². The fourth-order valence-electron chi connectivity index (χ4n) is 1.74. The molecule has 112 valence electrons. The number of aliphatic hydroxyl groups is 1. The molecule has 20 heavy (non-hydrogen) atoms. The van der Waals surface area contributed by atoms with Gasteiger partial charge in [-0.05, 0) is 46.2 Å². The Hall–Kier alpha value is -1.55. The molecule has 0 fully saturated rings. The first-order chi connectivity index (χ1) is 9.22. The number of hydrogen-bond acceptors (Lipinski definition) is 3. The normalized spacial score (nSPS) is 12.9. The molecule has 2 N–H and O–H groups in total. The van der Waals surface area contributed by atoms with E-state index in [1.807, 2.05) is 32.0 Å². The molecular formula is C16H25NO3. The average molecular weight is 279 g/mol. The summed E-state index contributed by atoms with van der Waals surface area (Å²) in [6.45, 7) is 9.58. The molecule has 0 saturated heterocycles. The van der Waals surface area contributed by atoms with Gasteiger partial charge in [-0.3, -0.25) is 4.79 Å². The molecule has 1 unspecified atom stereocenters. The first kappa shape index (κ1) is 16.5. The zero-order valence-electron chi connectivity index (χ0n) is 13.0. The second-order valence-corrected chi connectivity index (χ2v) is 5.81. The van der Waals surface area contributed by atoms with Crippen molar-refractivity contribution in [2.75, 3.05) is 6.61 Å².